The Labute approximate surface area is 108 Å². The molecule has 0 radical (unpaired) electrons. The standard InChI is InChI=1S/C13H21N3O2/c1-10(9-17)16(2)8-7-13(18)15-12-5-3-11(14)4-6-12/h3-6,10,17H,7-9,14H2,1-2H3,(H,15,18). The summed E-state index contributed by atoms with van der Waals surface area (Å²) in [5.74, 6) is -0.0447. The minimum Gasteiger partial charge on any atom is -0.399 e. The number of benzene rings is 1. The zero-order valence-corrected chi connectivity index (χ0v) is 10.9. The van der Waals surface area contributed by atoms with Crippen molar-refractivity contribution in [2.45, 2.75) is 19.4 Å². The lowest BCUT2D eigenvalue weighted by Crippen LogP contribution is -2.34. The number of aliphatic hydroxyl groups excluding tert-OH is 1. The highest BCUT2D eigenvalue weighted by Gasteiger charge is 2.09. The number of amides is 1. The van der Waals surface area contributed by atoms with Gasteiger partial charge in [0.05, 0.1) is 6.61 Å². The number of hydrogen-bond donors (Lipinski definition) is 3. The largest absolute Gasteiger partial charge is 0.399 e. The van der Waals surface area contributed by atoms with Gasteiger partial charge in [0.1, 0.15) is 0 Å². The van der Waals surface area contributed by atoms with Gasteiger partial charge in [0.25, 0.3) is 0 Å². The number of anilines is 2. The van der Waals surface area contributed by atoms with Gasteiger partial charge in [0.15, 0.2) is 0 Å². The van der Waals surface area contributed by atoms with Crippen LogP contribution in [-0.2, 0) is 4.79 Å². The Hall–Kier alpha value is -1.59. The molecule has 1 amide bonds. The molecule has 0 aliphatic rings. The van der Waals surface area contributed by atoms with E-state index in [2.05, 4.69) is 5.32 Å². The summed E-state index contributed by atoms with van der Waals surface area (Å²) in [6.07, 6.45) is 0.394. The third kappa shape index (κ3) is 4.73. The Kier molecular flexibility index (Phi) is 5.61. The van der Waals surface area contributed by atoms with Crippen molar-refractivity contribution >= 4 is 17.3 Å². The Morgan fingerprint density at radius 1 is 1.44 bits per heavy atom. The van der Waals surface area contributed by atoms with Crippen molar-refractivity contribution in [2.24, 2.45) is 0 Å². The van der Waals surface area contributed by atoms with Gasteiger partial charge in [0.2, 0.25) is 5.91 Å². The molecule has 100 valence electrons. The zero-order valence-electron chi connectivity index (χ0n) is 10.9. The second-order valence-electron chi connectivity index (χ2n) is 4.43. The molecule has 4 N–H and O–H groups in total. The molecule has 0 bridgehead atoms. The number of nitrogens with one attached hydrogen (secondary N) is 1. The van der Waals surface area contributed by atoms with Gasteiger partial charge in [-0.3, -0.25) is 4.79 Å². The van der Waals surface area contributed by atoms with Crippen LogP contribution in [0.3, 0.4) is 0 Å². The molecule has 1 atom stereocenters. The molecule has 0 fully saturated rings. The van der Waals surface area contributed by atoms with E-state index < -0.39 is 0 Å². The Balaban J connectivity index is 2.36. The van der Waals surface area contributed by atoms with Crippen LogP contribution in [0, 0.1) is 0 Å². The van der Waals surface area contributed by atoms with E-state index in [1.807, 2.05) is 18.9 Å². The number of carbonyl (C=O) groups excluding carboxylic acids is 1. The fraction of sp³-hybridized carbons (Fsp3) is 0.462. The summed E-state index contributed by atoms with van der Waals surface area (Å²) < 4.78 is 0. The van der Waals surface area contributed by atoms with E-state index in [-0.39, 0.29) is 18.6 Å². The number of nitrogens with two attached hydrogens (primary N) is 1. The molecule has 1 unspecified atom stereocenters. The van der Waals surface area contributed by atoms with E-state index in [1.165, 1.54) is 0 Å². The highest BCUT2D eigenvalue weighted by atomic mass is 16.3. The SMILES string of the molecule is CC(CO)N(C)CCC(=O)Nc1ccc(N)cc1. The summed E-state index contributed by atoms with van der Waals surface area (Å²) in [5, 5.41) is 11.8. The van der Waals surface area contributed by atoms with E-state index in [4.69, 9.17) is 10.8 Å². The molecule has 0 aliphatic carbocycles. The lowest BCUT2D eigenvalue weighted by Gasteiger charge is -2.22. The first kappa shape index (κ1) is 14.5. The topological polar surface area (TPSA) is 78.6 Å². The summed E-state index contributed by atoms with van der Waals surface area (Å²) in [7, 11) is 1.89. The van der Waals surface area contributed by atoms with E-state index in [0.717, 1.165) is 5.69 Å². The lowest BCUT2D eigenvalue weighted by atomic mass is 10.2. The number of hydrogen-bond acceptors (Lipinski definition) is 4. The Morgan fingerprint density at radius 2 is 2.06 bits per heavy atom. The van der Waals surface area contributed by atoms with Crippen LogP contribution >= 0.6 is 0 Å². The minimum atomic E-state index is -0.0447. The maximum atomic E-state index is 11.7. The number of nitrogen functional groups attached to an aromatic ring is 1. The third-order valence-corrected chi connectivity index (χ3v) is 2.90. The van der Waals surface area contributed by atoms with Gasteiger partial charge < -0.3 is 21.1 Å². The number of carbonyl (C=O) groups is 1. The van der Waals surface area contributed by atoms with Crippen molar-refractivity contribution in [3.63, 3.8) is 0 Å². The molecule has 0 heterocycles. The van der Waals surface area contributed by atoms with Crippen LogP contribution < -0.4 is 11.1 Å². The second kappa shape index (κ2) is 6.98. The molecule has 1 rings (SSSR count). The molecule has 0 aromatic heterocycles. The maximum Gasteiger partial charge on any atom is 0.225 e. The quantitative estimate of drug-likeness (QED) is 0.657. The highest BCUT2D eigenvalue weighted by Crippen LogP contribution is 2.10. The molecule has 0 aliphatic heterocycles. The van der Waals surface area contributed by atoms with Crippen LogP contribution in [0.2, 0.25) is 0 Å². The van der Waals surface area contributed by atoms with Gasteiger partial charge >= 0.3 is 0 Å². The van der Waals surface area contributed by atoms with Crippen molar-refractivity contribution in [3.8, 4) is 0 Å². The van der Waals surface area contributed by atoms with Crippen LogP contribution in [0.1, 0.15) is 13.3 Å². The number of rotatable bonds is 6. The normalized spacial score (nSPS) is 12.4. The monoisotopic (exact) mass is 251 g/mol. The van der Waals surface area contributed by atoms with E-state index in [1.54, 1.807) is 24.3 Å². The number of aliphatic hydroxyl groups is 1. The fourth-order valence-electron chi connectivity index (χ4n) is 1.43. The smallest absolute Gasteiger partial charge is 0.225 e. The molecular formula is C13H21N3O2. The molecule has 0 saturated heterocycles. The number of likely N-dealkylation sites (N-methyl/N-ethyl adjacent to an activating group) is 1. The van der Waals surface area contributed by atoms with Gasteiger partial charge in [-0.1, -0.05) is 0 Å². The van der Waals surface area contributed by atoms with Crippen molar-refractivity contribution in [1.29, 1.82) is 0 Å². The molecule has 1 aromatic rings. The van der Waals surface area contributed by atoms with Gasteiger partial charge in [0, 0.05) is 30.4 Å². The van der Waals surface area contributed by atoms with E-state index in [9.17, 15) is 4.79 Å². The predicted octanol–water partition coefficient (Wildman–Crippen LogP) is 0.910. The van der Waals surface area contributed by atoms with Gasteiger partial charge in [-0.05, 0) is 38.2 Å². The first-order valence-corrected chi connectivity index (χ1v) is 5.99. The summed E-state index contributed by atoms with van der Waals surface area (Å²) in [4.78, 5) is 13.6. The minimum absolute atomic E-state index is 0.0447. The van der Waals surface area contributed by atoms with Crippen LogP contribution in [0.4, 0.5) is 11.4 Å². The van der Waals surface area contributed by atoms with Gasteiger partial charge in [-0.2, -0.15) is 0 Å². The van der Waals surface area contributed by atoms with Gasteiger partial charge in [-0.25, -0.2) is 0 Å². The summed E-state index contributed by atoms with van der Waals surface area (Å²) in [6, 6.07) is 7.10. The third-order valence-electron chi connectivity index (χ3n) is 2.90. The van der Waals surface area contributed by atoms with E-state index in [0.29, 0.717) is 18.7 Å². The average Bonchev–Trinajstić information content (AvgIpc) is 2.37. The average molecular weight is 251 g/mol. The van der Waals surface area contributed by atoms with Crippen LogP contribution in [0.15, 0.2) is 24.3 Å². The fourth-order valence-corrected chi connectivity index (χ4v) is 1.43. The molecular weight excluding hydrogens is 230 g/mol. The van der Waals surface area contributed by atoms with Crippen molar-refractivity contribution in [1.82, 2.24) is 4.90 Å². The van der Waals surface area contributed by atoms with E-state index >= 15 is 0 Å². The molecule has 18 heavy (non-hydrogen) atoms. The molecule has 1 aromatic carbocycles. The first-order valence-electron chi connectivity index (χ1n) is 5.99. The highest BCUT2D eigenvalue weighted by molar-refractivity contribution is 5.90. The predicted molar refractivity (Wildman–Crippen MR) is 73.3 cm³/mol. The number of nitrogens with zero attached hydrogens (tertiary/aromatic N) is 1. The Morgan fingerprint density at radius 3 is 2.61 bits per heavy atom. The van der Waals surface area contributed by atoms with Gasteiger partial charge in [-0.15, -0.1) is 0 Å². The Bertz CT molecular complexity index is 378. The molecule has 0 saturated carbocycles. The molecule has 5 heteroatoms. The van der Waals surface area contributed by atoms with Crippen molar-refractivity contribution < 1.29 is 9.90 Å². The second-order valence-corrected chi connectivity index (χ2v) is 4.43. The maximum absolute atomic E-state index is 11.7. The van der Waals surface area contributed by atoms with Crippen LogP contribution in [-0.4, -0.2) is 42.2 Å². The summed E-state index contributed by atoms with van der Waals surface area (Å²) in [6.45, 7) is 2.62. The molecule has 0 spiro atoms. The van der Waals surface area contributed by atoms with Crippen LogP contribution in [0.25, 0.3) is 0 Å². The summed E-state index contributed by atoms with van der Waals surface area (Å²) in [5.41, 5.74) is 6.97. The first-order chi connectivity index (χ1) is 8.52. The lowest BCUT2D eigenvalue weighted by molar-refractivity contribution is -0.116. The van der Waals surface area contributed by atoms with Crippen LogP contribution in [0.5, 0.6) is 0 Å². The summed E-state index contributed by atoms with van der Waals surface area (Å²) >= 11 is 0. The molecule has 5 nitrogen and oxygen atoms in total. The zero-order chi connectivity index (χ0) is 13.5. The van der Waals surface area contributed by atoms with Crippen molar-refractivity contribution in [3.05, 3.63) is 24.3 Å². The van der Waals surface area contributed by atoms with Crippen molar-refractivity contribution in [2.75, 3.05) is 31.2 Å².